The minimum absolute atomic E-state index is 0.0535. The van der Waals surface area contributed by atoms with Gasteiger partial charge in [0.2, 0.25) is 0 Å². The Morgan fingerprint density at radius 3 is 2.49 bits per heavy atom. The summed E-state index contributed by atoms with van der Waals surface area (Å²) in [5.74, 6) is 1.28. The van der Waals surface area contributed by atoms with Crippen molar-refractivity contribution in [2.24, 2.45) is 5.73 Å². The van der Waals surface area contributed by atoms with E-state index in [0.29, 0.717) is 68.4 Å². The third-order valence-electron chi connectivity index (χ3n) is 5.61. The van der Waals surface area contributed by atoms with Crippen LogP contribution in [0.15, 0.2) is 36.8 Å². The van der Waals surface area contributed by atoms with Gasteiger partial charge >= 0.3 is 0 Å². The summed E-state index contributed by atoms with van der Waals surface area (Å²) in [6.45, 7) is 3.20. The first-order valence-electron chi connectivity index (χ1n) is 10.5. The van der Waals surface area contributed by atoms with E-state index in [2.05, 4.69) is 16.0 Å². The Kier molecular flexibility index (Phi) is 6.72. The minimum atomic E-state index is -0.307. The molecule has 1 aliphatic heterocycles. The number of ether oxygens (including phenoxy) is 2. The standard InChI is InChI=1S/C24H23Cl2N7O2/c1-24(30)11-33(12-24)23-13(6-27)3-14(7-32-23)22(29)15-4-21(20(34-2)5-19(15)28)35-10-16-17(25)8-31-9-18(16)26/h3-5,7-9,29H,10-12,28,30H2,1-2H3. The lowest BCUT2D eigenvalue weighted by atomic mass is 9.93. The van der Waals surface area contributed by atoms with Crippen LogP contribution in [-0.4, -0.2) is 41.4 Å². The summed E-state index contributed by atoms with van der Waals surface area (Å²) in [6.07, 6.45) is 4.50. The Bertz CT molecular complexity index is 1330. The van der Waals surface area contributed by atoms with Gasteiger partial charge in [0.1, 0.15) is 18.5 Å². The molecule has 0 unspecified atom stereocenters. The summed E-state index contributed by atoms with van der Waals surface area (Å²) in [7, 11) is 1.49. The largest absolute Gasteiger partial charge is 0.493 e. The van der Waals surface area contributed by atoms with Gasteiger partial charge in [-0.1, -0.05) is 23.2 Å². The van der Waals surface area contributed by atoms with Crippen LogP contribution < -0.4 is 25.8 Å². The van der Waals surface area contributed by atoms with Crippen LogP contribution in [0.5, 0.6) is 11.5 Å². The molecule has 180 valence electrons. The molecule has 1 aliphatic rings. The number of benzene rings is 1. The van der Waals surface area contributed by atoms with E-state index in [4.69, 9.17) is 49.6 Å². The highest BCUT2D eigenvalue weighted by Gasteiger charge is 2.36. The van der Waals surface area contributed by atoms with E-state index >= 15 is 0 Å². The van der Waals surface area contributed by atoms with E-state index in [1.165, 1.54) is 19.5 Å². The van der Waals surface area contributed by atoms with Gasteiger partial charge in [-0.2, -0.15) is 5.26 Å². The van der Waals surface area contributed by atoms with Crippen molar-refractivity contribution in [2.45, 2.75) is 19.1 Å². The van der Waals surface area contributed by atoms with E-state index in [-0.39, 0.29) is 17.9 Å². The lowest BCUT2D eigenvalue weighted by Gasteiger charge is -2.46. The van der Waals surface area contributed by atoms with Crippen LogP contribution in [0.1, 0.15) is 29.2 Å². The number of aromatic nitrogens is 2. The lowest BCUT2D eigenvalue weighted by molar-refractivity contribution is 0.284. The zero-order valence-electron chi connectivity index (χ0n) is 19.1. The van der Waals surface area contributed by atoms with Crippen molar-refractivity contribution in [3.63, 3.8) is 0 Å². The Labute approximate surface area is 212 Å². The fraction of sp³-hybridized carbons (Fsp3) is 0.250. The highest BCUT2D eigenvalue weighted by atomic mass is 35.5. The zero-order chi connectivity index (χ0) is 25.3. The third-order valence-corrected chi connectivity index (χ3v) is 6.26. The second kappa shape index (κ2) is 9.58. The van der Waals surface area contributed by atoms with E-state index in [0.717, 1.165) is 0 Å². The van der Waals surface area contributed by atoms with Crippen LogP contribution in [-0.2, 0) is 6.61 Å². The summed E-state index contributed by atoms with van der Waals surface area (Å²) >= 11 is 12.4. The number of nitrogens with zero attached hydrogens (tertiary/aromatic N) is 4. The van der Waals surface area contributed by atoms with Crippen molar-refractivity contribution >= 4 is 40.4 Å². The first kappa shape index (κ1) is 24.5. The van der Waals surface area contributed by atoms with Crippen molar-refractivity contribution in [3.8, 4) is 17.6 Å². The van der Waals surface area contributed by atoms with Gasteiger partial charge in [0.05, 0.1) is 28.4 Å². The van der Waals surface area contributed by atoms with Crippen molar-refractivity contribution in [1.29, 1.82) is 10.7 Å². The SMILES string of the molecule is COc1cc(N)c(C(=N)c2cnc(N3CC(C)(N)C3)c(C#N)c2)cc1OCc1c(Cl)cncc1Cl. The number of methoxy groups -OCH3 is 1. The molecule has 3 aromatic rings. The molecular formula is C24H23Cl2N7O2. The molecule has 0 radical (unpaired) electrons. The lowest BCUT2D eigenvalue weighted by Crippen LogP contribution is -2.66. The van der Waals surface area contributed by atoms with Crippen molar-refractivity contribution in [2.75, 3.05) is 30.8 Å². The van der Waals surface area contributed by atoms with E-state index in [1.807, 2.05) is 11.8 Å². The molecule has 2 aromatic heterocycles. The first-order chi connectivity index (χ1) is 16.6. The van der Waals surface area contributed by atoms with Crippen LogP contribution in [0, 0.1) is 16.7 Å². The molecule has 0 amide bonds. The second-order valence-corrected chi connectivity index (χ2v) is 9.37. The van der Waals surface area contributed by atoms with Gasteiger partial charge in [0.25, 0.3) is 0 Å². The third kappa shape index (κ3) is 4.95. The van der Waals surface area contributed by atoms with Gasteiger partial charge in [-0.15, -0.1) is 0 Å². The Hall–Kier alpha value is -3.58. The summed E-state index contributed by atoms with van der Waals surface area (Å²) in [6, 6.07) is 6.97. The highest BCUT2D eigenvalue weighted by molar-refractivity contribution is 6.35. The number of anilines is 2. The highest BCUT2D eigenvalue weighted by Crippen LogP contribution is 2.35. The summed E-state index contributed by atoms with van der Waals surface area (Å²) < 4.78 is 11.3. The van der Waals surface area contributed by atoms with Crippen LogP contribution in [0.4, 0.5) is 11.5 Å². The fourth-order valence-electron chi connectivity index (χ4n) is 3.85. The maximum absolute atomic E-state index is 9.68. The van der Waals surface area contributed by atoms with Gasteiger partial charge in [-0.25, -0.2) is 4.98 Å². The molecule has 0 saturated carbocycles. The first-order valence-corrected chi connectivity index (χ1v) is 11.3. The van der Waals surface area contributed by atoms with Crippen LogP contribution >= 0.6 is 23.2 Å². The van der Waals surface area contributed by atoms with Gasteiger partial charge in [-0.05, 0) is 19.1 Å². The molecule has 3 heterocycles. The maximum atomic E-state index is 9.68. The van der Waals surface area contributed by atoms with Gasteiger partial charge < -0.3 is 25.8 Å². The molecule has 0 atom stereocenters. The predicted molar refractivity (Wildman–Crippen MR) is 136 cm³/mol. The average Bonchev–Trinajstić information content (AvgIpc) is 2.81. The maximum Gasteiger partial charge on any atom is 0.162 e. The van der Waals surface area contributed by atoms with E-state index < -0.39 is 0 Å². The quantitative estimate of drug-likeness (QED) is 0.320. The van der Waals surface area contributed by atoms with Gasteiger partial charge in [0.15, 0.2) is 11.5 Å². The van der Waals surface area contributed by atoms with Crippen molar-refractivity contribution in [1.82, 2.24) is 9.97 Å². The van der Waals surface area contributed by atoms with Crippen LogP contribution in [0.3, 0.4) is 0 Å². The van der Waals surface area contributed by atoms with E-state index in [9.17, 15) is 5.26 Å². The van der Waals surface area contributed by atoms with Gasteiger partial charge in [0, 0.05) is 65.7 Å². The molecule has 11 heteroatoms. The molecule has 9 nitrogen and oxygen atoms in total. The normalized spacial score (nSPS) is 14.1. The number of hydrogen-bond donors (Lipinski definition) is 3. The number of nitrogens with one attached hydrogen (secondary N) is 1. The molecule has 0 spiro atoms. The molecule has 5 N–H and O–H groups in total. The Morgan fingerprint density at radius 1 is 1.20 bits per heavy atom. The second-order valence-electron chi connectivity index (χ2n) is 8.55. The predicted octanol–water partition coefficient (Wildman–Crippen LogP) is 3.78. The molecule has 0 bridgehead atoms. The Balaban J connectivity index is 1.63. The number of hydrogen-bond acceptors (Lipinski definition) is 9. The Morgan fingerprint density at radius 2 is 1.89 bits per heavy atom. The number of nitrogen functional groups attached to an aromatic ring is 1. The van der Waals surface area contributed by atoms with Gasteiger partial charge in [-0.3, -0.25) is 10.4 Å². The average molecular weight is 512 g/mol. The number of nitriles is 1. The summed E-state index contributed by atoms with van der Waals surface area (Å²) in [4.78, 5) is 10.3. The molecule has 4 rings (SSSR count). The smallest absolute Gasteiger partial charge is 0.162 e. The van der Waals surface area contributed by atoms with Crippen LogP contribution in [0.25, 0.3) is 0 Å². The van der Waals surface area contributed by atoms with Crippen LogP contribution in [0.2, 0.25) is 10.0 Å². The number of halogens is 2. The topological polar surface area (TPSA) is 147 Å². The van der Waals surface area contributed by atoms with E-state index in [1.54, 1.807) is 24.4 Å². The number of rotatable bonds is 7. The summed E-state index contributed by atoms with van der Waals surface area (Å²) in [5, 5.41) is 19.2. The molecular weight excluding hydrogens is 489 g/mol. The molecule has 35 heavy (non-hydrogen) atoms. The van der Waals surface area contributed by atoms with Crippen molar-refractivity contribution < 1.29 is 9.47 Å². The molecule has 1 aromatic carbocycles. The molecule has 0 aliphatic carbocycles. The molecule has 1 fully saturated rings. The monoisotopic (exact) mass is 511 g/mol. The summed E-state index contributed by atoms with van der Waals surface area (Å²) in [5.41, 5.74) is 14.2. The zero-order valence-corrected chi connectivity index (χ0v) is 20.6. The minimum Gasteiger partial charge on any atom is -0.493 e. The van der Waals surface area contributed by atoms with Crippen molar-refractivity contribution in [3.05, 3.63) is 69.1 Å². The number of nitrogens with two attached hydrogens (primary N) is 2. The number of pyridine rings is 2. The molecule has 1 saturated heterocycles. The fourth-order valence-corrected chi connectivity index (χ4v) is 4.32.